The average molecular weight is 393 g/mol. The first kappa shape index (κ1) is 9.90. The van der Waals surface area contributed by atoms with Crippen molar-refractivity contribution >= 4 is 57.8 Å². The summed E-state index contributed by atoms with van der Waals surface area (Å²) in [6.07, 6.45) is 0.803. The van der Waals surface area contributed by atoms with Gasteiger partial charge in [0.1, 0.15) is 5.82 Å². The first-order chi connectivity index (χ1) is 5.22. The van der Waals surface area contributed by atoms with E-state index in [2.05, 4.69) is 72.8 Å². The third kappa shape index (κ3) is 3.36. The minimum Gasteiger partial charge on any atom is -0.208 e. The highest BCUT2D eigenvalue weighted by Crippen LogP contribution is 2.02. The van der Waals surface area contributed by atoms with Gasteiger partial charge in [0.25, 0.3) is 0 Å². The fourth-order valence-electron chi connectivity index (χ4n) is 0.576. The van der Waals surface area contributed by atoms with Gasteiger partial charge in [-0.15, -0.1) is 0 Å². The fourth-order valence-corrected chi connectivity index (χ4v) is 2.25. The molecule has 0 N–H and O–H groups in total. The van der Waals surface area contributed by atoms with E-state index in [1.165, 1.54) is 0 Å². The quantitative estimate of drug-likeness (QED) is 0.613. The van der Waals surface area contributed by atoms with Crippen LogP contribution < -0.4 is 0 Å². The topological polar surface area (TPSA) is 38.7 Å². The van der Waals surface area contributed by atoms with Crippen molar-refractivity contribution in [1.82, 2.24) is 15.0 Å². The normalized spacial score (nSPS) is 10.1. The van der Waals surface area contributed by atoms with E-state index in [4.69, 9.17) is 0 Å². The summed E-state index contributed by atoms with van der Waals surface area (Å²) in [5.41, 5.74) is 0. The molecule has 0 saturated carbocycles. The Morgan fingerprint density at radius 3 is 2.09 bits per heavy atom. The molecule has 0 aliphatic heterocycles. The number of hydrogen-bond acceptors (Lipinski definition) is 4. The van der Waals surface area contributed by atoms with Crippen LogP contribution in [0.1, 0.15) is 5.82 Å². The first-order valence-electron chi connectivity index (χ1n) is 2.89. The van der Waals surface area contributed by atoms with Crippen molar-refractivity contribution in [3.63, 3.8) is 0 Å². The van der Waals surface area contributed by atoms with Gasteiger partial charge in [0, 0.05) is 51.6 Å². The van der Waals surface area contributed by atoms with Crippen molar-refractivity contribution in [3.05, 3.63) is 13.5 Å². The average Bonchev–Trinajstić information content (AvgIpc) is 1.85. The zero-order chi connectivity index (χ0) is 8.27. The van der Waals surface area contributed by atoms with E-state index in [0.717, 1.165) is 25.7 Å². The van der Waals surface area contributed by atoms with Gasteiger partial charge in [0.2, 0.25) is 0 Å². The van der Waals surface area contributed by atoms with Crippen LogP contribution in [0.25, 0.3) is 0 Å². The van der Waals surface area contributed by atoms with Gasteiger partial charge >= 0.3 is 0 Å². The van der Waals surface area contributed by atoms with E-state index in [0.29, 0.717) is 0 Å². The van der Waals surface area contributed by atoms with E-state index in [-0.39, 0.29) is 0 Å². The summed E-state index contributed by atoms with van der Waals surface area (Å²) in [6.45, 7) is 0. The Balaban J connectivity index is 2.89. The highest BCUT2D eigenvalue weighted by atomic mass is 127. The number of halogens is 2. The van der Waals surface area contributed by atoms with Gasteiger partial charge in [-0.3, -0.25) is 0 Å². The van der Waals surface area contributed by atoms with Crippen LogP contribution in [0.5, 0.6) is 0 Å². The molecule has 0 bridgehead atoms. The molecule has 0 atom stereocenters. The van der Waals surface area contributed by atoms with Crippen LogP contribution in [0.4, 0.5) is 0 Å². The van der Waals surface area contributed by atoms with E-state index >= 15 is 0 Å². The molecule has 60 valence electrons. The standard InChI is InChI=1S/C5H5I2N3S/c6-4-8-3(1-2-11)9-5(7)10-4/h11H,1-2H2. The van der Waals surface area contributed by atoms with Gasteiger partial charge in [-0.2, -0.15) is 17.6 Å². The molecule has 1 aromatic heterocycles. The molecule has 0 spiro atoms. The minimum absolute atomic E-state index is 0.749. The van der Waals surface area contributed by atoms with Gasteiger partial charge < -0.3 is 0 Å². The molecule has 1 heterocycles. The second-order valence-electron chi connectivity index (χ2n) is 1.76. The Bertz CT molecular complexity index is 235. The number of thiol groups is 1. The van der Waals surface area contributed by atoms with Crippen LogP contribution in [0, 0.1) is 7.66 Å². The number of aryl methyl sites for hydroxylation is 1. The first-order valence-corrected chi connectivity index (χ1v) is 5.68. The predicted molar refractivity (Wildman–Crippen MR) is 62.8 cm³/mol. The molecule has 0 aliphatic carbocycles. The lowest BCUT2D eigenvalue weighted by Crippen LogP contribution is -2.03. The van der Waals surface area contributed by atoms with Crippen molar-refractivity contribution in [3.8, 4) is 0 Å². The summed E-state index contributed by atoms with van der Waals surface area (Å²) in [7, 11) is 0. The molecular weight excluding hydrogens is 388 g/mol. The maximum absolute atomic E-state index is 4.13. The van der Waals surface area contributed by atoms with E-state index in [9.17, 15) is 0 Å². The van der Waals surface area contributed by atoms with Gasteiger partial charge in [0.05, 0.1) is 0 Å². The lowest BCUT2D eigenvalue weighted by atomic mass is 10.5. The Hall–Kier alpha value is 0.820. The van der Waals surface area contributed by atoms with Gasteiger partial charge in [-0.25, -0.2) is 9.97 Å². The number of hydrogen-bond donors (Lipinski definition) is 1. The Labute approximate surface area is 97.5 Å². The Kier molecular flexibility index (Phi) is 4.28. The Morgan fingerprint density at radius 1 is 1.09 bits per heavy atom. The van der Waals surface area contributed by atoms with Crippen LogP contribution in [0.3, 0.4) is 0 Å². The van der Waals surface area contributed by atoms with E-state index in [1.54, 1.807) is 0 Å². The van der Waals surface area contributed by atoms with Crippen LogP contribution in [0.2, 0.25) is 0 Å². The highest BCUT2D eigenvalue weighted by molar-refractivity contribution is 14.1. The molecule has 1 rings (SSSR count). The monoisotopic (exact) mass is 393 g/mol. The number of nitrogens with zero attached hydrogens (tertiary/aromatic N) is 3. The summed E-state index contributed by atoms with van der Waals surface area (Å²) in [4.78, 5) is 12.3. The van der Waals surface area contributed by atoms with Crippen molar-refractivity contribution in [2.24, 2.45) is 0 Å². The fraction of sp³-hybridized carbons (Fsp3) is 0.400. The second-order valence-corrected chi connectivity index (χ2v) is 4.14. The molecule has 11 heavy (non-hydrogen) atoms. The molecule has 0 amide bonds. The zero-order valence-electron chi connectivity index (χ0n) is 5.46. The highest BCUT2D eigenvalue weighted by Gasteiger charge is 2.00. The lowest BCUT2D eigenvalue weighted by Gasteiger charge is -1.96. The molecule has 1 aromatic rings. The molecular formula is C5H5I2N3S. The third-order valence-electron chi connectivity index (χ3n) is 0.963. The van der Waals surface area contributed by atoms with Gasteiger partial charge in [0.15, 0.2) is 7.66 Å². The smallest absolute Gasteiger partial charge is 0.194 e. The molecule has 0 aliphatic rings. The molecule has 0 aromatic carbocycles. The number of aromatic nitrogens is 3. The maximum Gasteiger partial charge on any atom is 0.194 e. The zero-order valence-corrected chi connectivity index (χ0v) is 10.7. The Morgan fingerprint density at radius 2 is 1.64 bits per heavy atom. The van der Waals surface area contributed by atoms with Crippen molar-refractivity contribution in [1.29, 1.82) is 0 Å². The van der Waals surface area contributed by atoms with Gasteiger partial charge in [-0.05, 0) is 5.75 Å². The molecule has 6 heteroatoms. The van der Waals surface area contributed by atoms with Crippen LogP contribution in [-0.4, -0.2) is 20.7 Å². The van der Waals surface area contributed by atoms with Crippen molar-refractivity contribution in [2.75, 3.05) is 5.75 Å². The SMILES string of the molecule is SCCc1nc(I)nc(I)n1. The maximum atomic E-state index is 4.13. The predicted octanol–water partition coefficient (Wildman–Crippen LogP) is 1.55. The van der Waals surface area contributed by atoms with E-state index < -0.39 is 0 Å². The molecule has 0 radical (unpaired) electrons. The van der Waals surface area contributed by atoms with Crippen LogP contribution >= 0.6 is 57.8 Å². The lowest BCUT2D eigenvalue weighted by molar-refractivity contribution is 0.858. The van der Waals surface area contributed by atoms with E-state index in [1.807, 2.05) is 0 Å². The molecule has 0 unspecified atom stereocenters. The third-order valence-corrected chi connectivity index (χ3v) is 2.15. The van der Waals surface area contributed by atoms with Crippen LogP contribution in [0.15, 0.2) is 0 Å². The summed E-state index contributed by atoms with van der Waals surface area (Å²) < 4.78 is 1.50. The molecule has 0 fully saturated rings. The summed E-state index contributed by atoms with van der Waals surface area (Å²) in [5, 5.41) is 0. The van der Waals surface area contributed by atoms with Crippen molar-refractivity contribution < 1.29 is 0 Å². The molecule has 3 nitrogen and oxygen atoms in total. The van der Waals surface area contributed by atoms with Gasteiger partial charge in [-0.1, -0.05) is 0 Å². The summed E-state index contributed by atoms with van der Waals surface area (Å²) in [5.74, 6) is 1.60. The van der Waals surface area contributed by atoms with Crippen molar-refractivity contribution in [2.45, 2.75) is 6.42 Å². The van der Waals surface area contributed by atoms with Crippen LogP contribution in [-0.2, 0) is 6.42 Å². The summed E-state index contributed by atoms with van der Waals surface area (Å²) >= 11 is 8.25. The second kappa shape index (κ2) is 4.75. The number of rotatable bonds is 2. The molecule has 0 saturated heterocycles. The largest absolute Gasteiger partial charge is 0.208 e. The minimum atomic E-state index is 0.749. The summed E-state index contributed by atoms with van der Waals surface area (Å²) in [6, 6.07) is 0.